The second-order valence-electron chi connectivity index (χ2n) is 4.73. The zero-order valence-electron chi connectivity index (χ0n) is 12.3. The summed E-state index contributed by atoms with van der Waals surface area (Å²) in [6.07, 6.45) is 0. The van der Waals surface area contributed by atoms with Crippen LogP contribution in [0.15, 0.2) is 53.6 Å². The number of ketones is 1. The summed E-state index contributed by atoms with van der Waals surface area (Å²) >= 11 is 5.18. The minimum absolute atomic E-state index is 0.173. The molecule has 3 N–H and O–H groups in total. The molecule has 1 aliphatic rings. The van der Waals surface area contributed by atoms with Gasteiger partial charge in [-0.15, -0.1) is 0 Å². The third-order valence-corrected chi connectivity index (χ3v) is 3.46. The average Bonchev–Trinajstić information content (AvgIpc) is 2.90. The smallest absolute Gasteiger partial charge is 0.232 e. The lowest BCUT2D eigenvalue weighted by molar-refractivity contribution is 0.106. The third-order valence-electron chi connectivity index (χ3n) is 3.26. The largest absolute Gasteiger partial charge is 0.495 e. The summed E-state index contributed by atoms with van der Waals surface area (Å²) in [6.45, 7) is 0. The van der Waals surface area contributed by atoms with Gasteiger partial charge >= 0.3 is 0 Å². The molecule has 116 valence electrons. The lowest BCUT2D eigenvalue weighted by atomic mass is 10.1. The summed E-state index contributed by atoms with van der Waals surface area (Å²) in [5.74, 6) is 0.690. The Hall–Kier alpha value is -2.93. The molecule has 0 aromatic heterocycles. The Kier molecular flexibility index (Phi) is 4.20. The molecule has 1 heterocycles. The Morgan fingerprint density at radius 3 is 2.70 bits per heavy atom. The second kappa shape index (κ2) is 6.45. The van der Waals surface area contributed by atoms with Crippen LogP contribution in [0.1, 0.15) is 10.4 Å². The SMILES string of the molecule is COc1ccccc1NC(=S)NN=C1Nc2ccccc2C1=O. The van der Waals surface area contributed by atoms with Gasteiger partial charge < -0.3 is 15.4 Å². The van der Waals surface area contributed by atoms with E-state index in [1.165, 1.54) is 0 Å². The van der Waals surface area contributed by atoms with Crippen LogP contribution in [0.5, 0.6) is 5.75 Å². The Morgan fingerprint density at radius 2 is 1.91 bits per heavy atom. The molecule has 0 amide bonds. The number of thiocarbonyl (C=S) groups is 1. The van der Waals surface area contributed by atoms with E-state index >= 15 is 0 Å². The van der Waals surface area contributed by atoms with Crippen molar-refractivity contribution in [1.29, 1.82) is 0 Å². The highest BCUT2D eigenvalue weighted by Gasteiger charge is 2.25. The van der Waals surface area contributed by atoms with E-state index in [0.29, 0.717) is 17.0 Å². The number of benzene rings is 2. The number of ether oxygens (including phenoxy) is 1. The molecule has 1 aliphatic heterocycles. The maximum absolute atomic E-state index is 12.2. The van der Waals surface area contributed by atoms with Crippen LogP contribution in [-0.4, -0.2) is 23.8 Å². The number of anilines is 2. The number of methoxy groups -OCH3 is 1. The van der Waals surface area contributed by atoms with Crippen molar-refractivity contribution in [3.63, 3.8) is 0 Å². The van der Waals surface area contributed by atoms with E-state index in [1.807, 2.05) is 42.5 Å². The van der Waals surface area contributed by atoms with Gasteiger partial charge in [0.25, 0.3) is 0 Å². The van der Waals surface area contributed by atoms with E-state index < -0.39 is 0 Å². The van der Waals surface area contributed by atoms with E-state index in [1.54, 1.807) is 13.2 Å². The van der Waals surface area contributed by atoms with Gasteiger partial charge in [-0.2, -0.15) is 5.10 Å². The zero-order valence-corrected chi connectivity index (χ0v) is 13.1. The second-order valence-corrected chi connectivity index (χ2v) is 5.13. The number of rotatable bonds is 3. The summed E-state index contributed by atoms with van der Waals surface area (Å²) in [7, 11) is 1.58. The number of nitrogens with zero attached hydrogens (tertiary/aromatic N) is 1. The van der Waals surface area contributed by atoms with Gasteiger partial charge in [0, 0.05) is 5.56 Å². The highest BCUT2D eigenvalue weighted by atomic mass is 32.1. The molecule has 0 fully saturated rings. The maximum Gasteiger partial charge on any atom is 0.232 e. The summed E-state index contributed by atoms with van der Waals surface area (Å²) in [4.78, 5) is 12.2. The lowest BCUT2D eigenvalue weighted by Crippen LogP contribution is -2.28. The number of hydrogen-bond acceptors (Lipinski definition) is 4. The van der Waals surface area contributed by atoms with Crippen molar-refractivity contribution in [2.45, 2.75) is 0 Å². The van der Waals surface area contributed by atoms with Gasteiger partial charge in [-0.05, 0) is 36.5 Å². The van der Waals surface area contributed by atoms with Gasteiger partial charge in [0.2, 0.25) is 5.78 Å². The molecule has 3 rings (SSSR count). The van der Waals surface area contributed by atoms with Crippen LogP contribution < -0.4 is 20.8 Å². The minimum atomic E-state index is -0.173. The first-order valence-corrected chi connectivity index (χ1v) is 7.28. The molecule has 23 heavy (non-hydrogen) atoms. The molecular weight excluding hydrogens is 312 g/mol. The molecule has 6 nitrogen and oxygen atoms in total. The molecule has 0 unspecified atom stereocenters. The topological polar surface area (TPSA) is 74.8 Å². The molecular formula is C16H14N4O2S. The van der Waals surface area contributed by atoms with Gasteiger partial charge in [-0.1, -0.05) is 24.3 Å². The number of hydrazone groups is 1. The van der Waals surface area contributed by atoms with Crippen molar-refractivity contribution >= 4 is 40.3 Å². The summed E-state index contributed by atoms with van der Waals surface area (Å²) in [6, 6.07) is 14.6. The summed E-state index contributed by atoms with van der Waals surface area (Å²) < 4.78 is 5.23. The Balaban J connectivity index is 1.67. The third kappa shape index (κ3) is 3.14. The van der Waals surface area contributed by atoms with Crippen molar-refractivity contribution in [3.05, 3.63) is 54.1 Å². The number of nitrogens with one attached hydrogen (secondary N) is 3. The van der Waals surface area contributed by atoms with Gasteiger partial charge in [0.1, 0.15) is 5.75 Å². The minimum Gasteiger partial charge on any atom is -0.495 e. The Labute approximate surface area is 138 Å². The van der Waals surface area contributed by atoms with Crippen LogP contribution in [0.3, 0.4) is 0 Å². The van der Waals surface area contributed by atoms with Crippen molar-refractivity contribution < 1.29 is 9.53 Å². The summed E-state index contributed by atoms with van der Waals surface area (Å²) in [5, 5.41) is 10.2. The number of para-hydroxylation sites is 3. The van der Waals surface area contributed by atoms with Crippen molar-refractivity contribution in [2.24, 2.45) is 5.10 Å². The fourth-order valence-electron chi connectivity index (χ4n) is 2.19. The lowest BCUT2D eigenvalue weighted by Gasteiger charge is -2.11. The molecule has 0 bridgehead atoms. The molecule has 0 saturated heterocycles. The molecule has 0 radical (unpaired) electrons. The number of carbonyl (C=O) groups excluding carboxylic acids is 1. The Bertz CT molecular complexity index is 804. The quantitative estimate of drug-likeness (QED) is 0.595. The predicted molar refractivity (Wildman–Crippen MR) is 94.2 cm³/mol. The van der Waals surface area contributed by atoms with E-state index in [4.69, 9.17) is 17.0 Å². The van der Waals surface area contributed by atoms with E-state index in [-0.39, 0.29) is 16.7 Å². The Morgan fingerprint density at radius 1 is 1.17 bits per heavy atom. The van der Waals surface area contributed by atoms with Crippen LogP contribution in [0.4, 0.5) is 11.4 Å². The van der Waals surface area contributed by atoms with Gasteiger partial charge in [-0.3, -0.25) is 10.2 Å². The maximum atomic E-state index is 12.2. The van der Waals surface area contributed by atoms with E-state index in [2.05, 4.69) is 21.2 Å². The monoisotopic (exact) mass is 326 g/mol. The predicted octanol–water partition coefficient (Wildman–Crippen LogP) is 2.60. The number of fused-ring (bicyclic) bond motifs is 1. The molecule has 2 aromatic rings. The first-order chi connectivity index (χ1) is 11.2. The van der Waals surface area contributed by atoms with Crippen LogP contribution in [0, 0.1) is 0 Å². The highest BCUT2D eigenvalue weighted by molar-refractivity contribution is 7.80. The molecule has 2 aromatic carbocycles. The van der Waals surface area contributed by atoms with Crippen LogP contribution in [0.25, 0.3) is 0 Å². The molecule has 0 aliphatic carbocycles. The van der Waals surface area contributed by atoms with Crippen molar-refractivity contribution in [3.8, 4) is 5.75 Å². The average molecular weight is 326 g/mol. The van der Waals surface area contributed by atoms with Gasteiger partial charge in [-0.25, -0.2) is 0 Å². The first kappa shape index (κ1) is 15.0. The summed E-state index contributed by atoms with van der Waals surface area (Å²) in [5.41, 5.74) is 4.70. The van der Waals surface area contributed by atoms with E-state index in [0.717, 1.165) is 5.69 Å². The standard InChI is InChI=1S/C16H14N4O2S/c1-22-13-9-5-4-8-12(13)18-16(23)20-19-15-14(21)10-6-2-3-7-11(10)17-15/h2-9H,1H3,(H,17,19,21)(H2,18,20,23). The fourth-order valence-corrected chi connectivity index (χ4v) is 2.34. The fraction of sp³-hybridized carbons (Fsp3) is 0.0625. The first-order valence-electron chi connectivity index (χ1n) is 6.87. The van der Waals surface area contributed by atoms with Gasteiger partial charge in [0.15, 0.2) is 10.9 Å². The number of carbonyl (C=O) groups is 1. The van der Waals surface area contributed by atoms with Crippen LogP contribution in [0.2, 0.25) is 0 Å². The molecule has 7 heteroatoms. The number of hydrogen-bond donors (Lipinski definition) is 3. The van der Waals surface area contributed by atoms with Crippen molar-refractivity contribution in [2.75, 3.05) is 17.7 Å². The zero-order chi connectivity index (χ0) is 16.2. The van der Waals surface area contributed by atoms with Crippen LogP contribution in [-0.2, 0) is 0 Å². The normalized spacial score (nSPS) is 14.1. The molecule has 0 atom stereocenters. The van der Waals surface area contributed by atoms with Gasteiger partial charge in [0.05, 0.1) is 18.5 Å². The van der Waals surface area contributed by atoms with E-state index in [9.17, 15) is 4.79 Å². The molecule has 0 spiro atoms. The molecule has 0 saturated carbocycles. The number of amidine groups is 1. The number of Topliss-reactive ketones (excluding diaryl/α,β-unsaturated/α-hetero) is 1. The van der Waals surface area contributed by atoms with Crippen molar-refractivity contribution in [1.82, 2.24) is 5.43 Å². The van der Waals surface area contributed by atoms with Crippen LogP contribution >= 0.6 is 12.2 Å². The highest BCUT2D eigenvalue weighted by Crippen LogP contribution is 2.23.